The molecule has 1 aliphatic rings. The van der Waals surface area contributed by atoms with Gasteiger partial charge in [-0.2, -0.15) is 0 Å². The van der Waals surface area contributed by atoms with Gasteiger partial charge in [0.15, 0.2) is 11.5 Å². The molecule has 2 aromatic rings. The van der Waals surface area contributed by atoms with Crippen molar-refractivity contribution in [2.24, 2.45) is 0 Å². The molecule has 1 atom stereocenters. The molecule has 4 N–H and O–H groups in total. The summed E-state index contributed by atoms with van der Waals surface area (Å²) in [5.74, 6) is -1.19. The summed E-state index contributed by atoms with van der Waals surface area (Å²) in [4.78, 5) is 38.8. The number of anilines is 1. The van der Waals surface area contributed by atoms with E-state index in [4.69, 9.17) is 15.2 Å². The molecule has 1 aliphatic heterocycles. The van der Waals surface area contributed by atoms with Crippen LogP contribution in [0.15, 0.2) is 36.4 Å². The van der Waals surface area contributed by atoms with Gasteiger partial charge >= 0.3 is 0 Å². The largest absolute Gasteiger partial charge is 0.493 e. The Morgan fingerprint density at radius 1 is 1.14 bits per heavy atom. The first-order chi connectivity index (χ1) is 13.9. The second-order valence-electron chi connectivity index (χ2n) is 6.40. The number of hydrogen-bond donors (Lipinski definition) is 3. The number of nitrogens with two attached hydrogens (primary N) is 1. The van der Waals surface area contributed by atoms with Gasteiger partial charge in [-0.15, -0.1) is 0 Å². The molecule has 0 saturated carbocycles. The van der Waals surface area contributed by atoms with Crippen LogP contribution in [-0.2, 0) is 11.2 Å². The highest BCUT2D eigenvalue weighted by Gasteiger charge is 2.43. The van der Waals surface area contributed by atoms with E-state index >= 15 is 0 Å². The lowest BCUT2D eigenvalue weighted by Crippen LogP contribution is -2.50. The van der Waals surface area contributed by atoms with Gasteiger partial charge in [0.05, 0.1) is 24.8 Å². The fraction of sp³-hybridized carbons (Fsp3) is 0.250. The van der Waals surface area contributed by atoms with Crippen LogP contribution in [0.4, 0.5) is 5.69 Å². The van der Waals surface area contributed by atoms with Crippen LogP contribution in [0, 0.1) is 0 Å². The average molecular weight is 399 g/mol. The smallest absolute Gasteiger partial charge is 0.266 e. The Balaban J connectivity index is 1.96. The third kappa shape index (κ3) is 3.72. The van der Waals surface area contributed by atoms with Crippen molar-refractivity contribution in [3.05, 3.63) is 53.1 Å². The minimum Gasteiger partial charge on any atom is -0.493 e. The summed E-state index contributed by atoms with van der Waals surface area (Å²) >= 11 is 0. The molecule has 29 heavy (non-hydrogen) atoms. The van der Waals surface area contributed by atoms with Crippen LogP contribution in [0.3, 0.4) is 0 Å². The minimum absolute atomic E-state index is 0.0303. The second kappa shape index (κ2) is 8.19. The van der Waals surface area contributed by atoms with Gasteiger partial charge in [-0.05, 0) is 42.8 Å². The number of hydroxylamine groups is 1. The van der Waals surface area contributed by atoms with Gasteiger partial charge < -0.3 is 15.2 Å². The van der Waals surface area contributed by atoms with Crippen LogP contribution in [0.2, 0.25) is 0 Å². The summed E-state index contributed by atoms with van der Waals surface area (Å²) in [6.45, 7) is 2.22. The highest BCUT2D eigenvalue weighted by molar-refractivity contribution is 6.23. The van der Waals surface area contributed by atoms with Gasteiger partial charge in [0.25, 0.3) is 17.7 Å². The SMILES string of the molecule is CCOc1cc(CC(C(=O)NO)N2C(=O)c3ccc(N)cc3C2=O)ccc1OC. The molecular formula is C20H21N3O6. The van der Waals surface area contributed by atoms with E-state index in [1.54, 1.807) is 18.2 Å². The van der Waals surface area contributed by atoms with Crippen LogP contribution < -0.4 is 20.7 Å². The maximum Gasteiger partial charge on any atom is 0.266 e. The summed E-state index contributed by atoms with van der Waals surface area (Å²) in [6.07, 6.45) is -0.0303. The topological polar surface area (TPSA) is 131 Å². The molecule has 0 aliphatic carbocycles. The van der Waals surface area contributed by atoms with Gasteiger partial charge in [-0.1, -0.05) is 6.07 Å². The summed E-state index contributed by atoms with van der Waals surface area (Å²) in [7, 11) is 1.50. The van der Waals surface area contributed by atoms with Crippen molar-refractivity contribution in [1.29, 1.82) is 0 Å². The lowest BCUT2D eigenvalue weighted by atomic mass is 10.0. The van der Waals surface area contributed by atoms with Gasteiger partial charge in [0.1, 0.15) is 6.04 Å². The van der Waals surface area contributed by atoms with Crippen LogP contribution in [-0.4, -0.2) is 47.6 Å². The predicted octanol–water partition coefficient (Wildman–Crippen LogP) is 1.39. The lowest BCUT2D eigenvalue weighted by Gasteiger charge is -2.24. The fourth-order valence-corrected chi connectivity index (χ4v) is 3.28. The van der Waals surface area contributed by atoms with E-state index in [9.17, 15) is 19.6 Å². The Kier molecular flexibility index (Phi) is 5.69. The predicted molar refractivity (Wildman–Crippen MR) is 103 cm³/mol. The molecule has 1 heterocycles. The highest BCUT2D eigenvalue weighted by Crippen LogP contribution is 2.31. The standard InChI is InChI=1S/C20H21N3O6/c1-3-29-17-9-11(4-7-16(17)28-2)8-15(18(24)22-27)23-19(25)13-6-5-12(21)10-14(13)20(23)26/h4-7,9-10,15,27H,3,8,21H2,1-2H3,(H,22,24). The van der Waals surface area contributed by atoms with E-state index in [1.165, 1.54) is 30.8 Å². The first kappa shape index (κ1) is 20.2. The van der Waals surface area contributed by atoms with E-state index < -0.39 is 23.8 Å². The van der Waals surface area contributed by atoms with E-state index in [1.807, 2.05) is 6.92 Å². The zero-order valence-corrected chi connectivity index (χ0v) is 16.0. The zero-order valence-electron chi connectivity index (χ0n) is 16.0. The highest BCUT2D eigenvalue weighted by atomic mass is 16.5. The lowest BCUT2D eigenvalue weighted by molar-refractivity contribution is -0.133. The maximum absolute atomic E-state index is 12.8. The minimum atomic E-state index is -1.27. The maximum atomic E-state index is 12.8. The van der Waals surface area contributed by atoms with Gasteiger partial charge in [0, 0.05) is 12.1 Å². The zero-order chi connectivity index (χ0) is 21.1. The number of carbonyl (C=O) groups is 3. The van der Waals surface area contributed by atoms with Crippen LogP contribution in [0.25, 0.3) is 0 Å². The molecule has 3 rings (SSSR count). The second-order valence-corrected chi connectivity index (χ2v) is 6.40. The molecule has 1 unspecified atom stereocenters. The monoisotopic (exact) mass is 399 g/mol. The normalized spacial score (nSPS) is 13.8. The number of nitrogens with zero attached hydrogens (tertiary/aromatic N) is 1. The number of nitrogen functional groups attached to an aromatic ring is 1. The van der Waals surface area contributed by atoms with Crippen molar-refractivity contribution >= 4 is 23.4 Å². The number of carbonyl (C=O) groups excluding carboxylic acids is 3. The Morgan fingerprint density at radius 2 is 1.86 bits per heavy atom. The van der Waals surface area contributed by atoms with Crippen LogP contribution >= 0.6 is 0 Å². The van der Waals surface area contributed by atoms with Crippen LogP contribution in [0.1, 0.15) is 33.2 Å². The quantitative estimate of drug-likeness (QED) is 0.277. The number of hydrogen-bond acceptors (Lipinski definition) is 7. The van der Waals surface area contributed by atoms with Crippen molar-refractivity contribution < 1.29 is 29.1 Å². The van der Waals surface area contributed by atoms with Gasteiger partial charge in [-0.3, -0.25) is 24.5 Å². The van der Waals surface area contributed by atoms with Crippen molar-refractivity contribution in [3.8, 4) is 11.5 Å². The van der Waals surface area contributed by atoms with E-state index in [0.29, 0.717) is 29.4 Å². The number of imide groups is 1. The van der Waals surface area contributed by atoms with Crippen molar-refractivity contribution in [1.82, 2.24) is 10.4 Å². The van der Waals surface area contributed by atoms with E-state index in [0.717, 1.165) is 4.90 Å². The van der Waals surface area contributed by atoms with E-state index in [2.05, 4.69) is 0 Å². The number of rotatable bonds is 7. The molecule has 0 spiro atoms. The molecular weight excluding hydrogens is 378 g/mol. The number of methoxy groups -OCH3 is 1. The fourth-order valence-electron chi connectivity index (χ4n) is 3.28. The Labute approximate surface area is 167 Å². The summed E-state index contributed by atoms with van der Waals surface area (Å²) in [6, 6.07) is 8.09. The first-order valence-corrected chi connectivity index (χ1v) is 8.92. The Bertz CT molecular complexity index is 975. The number of fused-ring (bicyclic) bond motifs is 1. The molecule has 9 heteroatoms. The van der Waals surface area contributed by atoms with Crippen LogP contribution in [0.5, 0.6) is 11.5 Å². The first-order valence-electron chi connectivity index (χ1n) is 8.92. The number of amides is 3. The number of benzene rings is 2. The van der Waals surface area contributed by atoms with Crippen molar-refractivity contribution in [2.45, 2.75) is 19.4 Å². The summed E-state index contributed by atoms with van der Waals surface area (Å²) in [5.41, 5.74) is 8.47. The summed E-state index contributed by atoms with van der Waals surface area (Å²) < 4.78 is 10.8. The van der Waals surface area contributed by atoms with Gasteiger partial charge in [-0.25, -0.2) is 5.48 Å². The van der Waals surface area contributed by atoms with Crippen molar-refractivity contribution in [2.75, 3.05) is 19.5 Å². The molecule has 2 aromatic carbocycles. The Hall–Kier alpha value is -3.59. The van der Waals surface area contributed by atoms with Gasteiger partial charge in [0.2, 0.25) is 0 Å². The molecule has 0 radical (unpaired) electrons. The van der Waals surface area contributed by atoms with E-state index in [-0.39, 0.29) is 17.5 Å². The van der Waals surface area contributed by atoms with Crippen molar-refractivity contribution in [3.63, 3.8) is 0 Å². The number of ether oxygens (including phenoxy) is 2. The third-order valence-corrected chi connectivity index (χ3v) is 4.62. The molecule has 0 saturated heterocycles. The molecule has 3 amide bonds. The molecule has 0 aromatic heterocycles. The third-order valence-electron chi connectivity index (χ3n) is 4.62. The molecule has 0 bridgehead atoms. The number of nitrogens with one attached hydrogen (secondary N) is 1. The average Bonchev–Trinajstić information content (AvgIpc) is 2.96. The molecule has 0 fully saturated rings. The molecule has 9 nitrogen and oxygen atoms in total. The molecule has 152 valence electrons. The summed E-state index contributed by atoms with van der Waals surface area (Å²) in [5, 5.41) is 9.18. The Morgan fingerprint density at radius 3 is 2.52 bits per heavy atom.